The van der Waals surface area contributed by atoms with E-state index in [1.165, 1.54) is 19.1 Å². The van der Waals surface area contributed by atoms with E-state index in [0.717, 1.165) is 24.4 Å². The Bertz CT molecular complexity index is 892. The van der Waals surface area contributed by atoms with Crippen molar-refractivity contribution in [3.8, 4) is 0 Å². The summed E-state index contributed by atoms with van der Waals surface area (Å²) in [6.07, 6.45) is 1.60. The summed E-state index contributed by atoms with van der Waals surface area (Å²) in [5, 5.41) is 14.8. The van der Waals surface area contributed by atoms with E-state index in [-0.39, 0.29) is 17.4 Å². The van der Waals surface area contributed by atoms with E-state index in [1.54, 1.807) is 24.4 Å². The first-order valence-electron chi connectivity index (χ1n) is 8.68. The van der Waals surface area contributed by atoms with Crippen LogP contribution < -0.4 is 10.6 Å². The number of carbonyl (C=O) groups is 1. The molecule has 0 radical (unpaired) electrons. The predicted molar refractivity (Wildman–Crippen MR) is 104 cm³/mol. The molecule has 0 unspecified atom stereocenters. The number of anilines is 1. The molecule has 0 bridgehead atoms. The highest BCUT2D eigenvalue weighted by molar-refractivity contribution is 6.31. The van der Waals surface area contributed by atoms with E-state index in [1.807, 2.05) is 13.1 Å². The van der Waals surface area contributed by atoms with Gasteiger partial charge in [-0.25, -0.2) is 9.37 Å². The number of piperazine rings is 1. The maximum absolute atomic E-state index is 13.3. The summed E-state index contributed by atoms with van der Waals surface area (Å²) in [4.78, 5) is 17.7. The zero-order valence-corrected chi connectivity index (χ0v) is 15.3. The van der Waals surface area contributed by atoms with Gasteiger partial charge in [-0.1, -0.05) is 0 Å². The standard InChI is InChI=1S/C20H22FN5O/c1-13(27)25-18-11-15(7-8-24-18)19(17-12-26(2)10-9-23-17)20(22)14-3-5-16(21)6-4-14/h3-8,11,22-23H,9-10,12H2,1-2H3,(H,24,25,27)/b19-17-,22-20?. The summed E-state index contributed by atoms with van der Waals surface area (Å²) in [6.45, 7) is 3.77. The third kappa shape index (κ3) is 4.57. The third-order valence-corrected chi connectivity index (χ3v) is 4.30. The first kappa shape index (κ1) is 18.7. The zero-order valence-electron chi connectivity index (χ0n) is 15.3. The molecule has 1 fully saturated rings. The minimum absolute atomic E-state index is 0.210. The van der Waals surface area contributed by atoms with Gasteiger partial charge in [-0.15, -0.1) is 0 Å². The van der Waals surface area contributed by atoms with E-state index in [0.29, 0.717) is 23.5 Å². The van der Waals surface area contributed by atoms with Gasteiger partial charge in [-0.05, 0) is 49.0 Å². The molecule has 3 N–H and O–H groups in total. The summed E-state index contributed by atoms with van der Waals surface area (Å²) in [5.41, 5.74) is 3.29. The van der Waals surface area contributed by atoms with Gasteiger partial charge in [0, 0.05) is 49.6 Å². The fraction of sp³-hybridized carbons (Fsp3) is 0.250. The lowest BCUT2D eigenvalue weighted by molar-refractivity contribution is -0.114. The number of nitrogens with zero attached hydrogens (tertiary/aromatic N) is 2. The van der Waals surface area contributed by atoms with Crippen molar-refractivity contribution in [3.05, 3.63) is 65.2 Å². The number of halogens is 1. The quantitative estimate of drug-likeness (QED) is 0.726. The molecule has 6 nitrogen and oxygen atoms in total. The molecule has 1 aromatic heterocycles. The van der Waals surface area contributed by atoms with Crippen molar-refractivity contribution in [1.82, 2.24) is 15.2 Å². The molecule has 2 heterocycles. The lowest BCUT2D eigenvalue weighted by Gasteiger charge is -2.29. The predicted octanol–water partition coefficient (Wildman–Crippen LogP) is 2.49. The van der Waals surface area contributed by atoms with Gasteiger partial charge in [0.05, 0.1) is 5.71 Å². The van der Waals surface area contributed by atoms with Crippen LogP contribution in [0.5, 0.6) is 0 Å². The molecule has 0 saturated carbocycles. The van der Waals surface area contributed by atoms with Gasteiger partial charge < -0.3 is 10.6 Å². The van der Waals surface area contributed by atoms with Crippen molar-refractivity contribution in [1.29, 1.82) is 5.41 Å². The van der Waals surface area contributed by atoms with Crippen molar-refractivity contribution < 1.29 is 9.18 Å². The molecule has 1 saturated heterocycles. The first-order chi connectivity index (χ1) is 12.9. The van der Waals surface area contributed by atoms with E-state index in [2.05, 4.69) is 20.5 Å². The van der Waals surface area contributed by atoms with Crippen LogP contribution >= 0.6 is 0 Å². The molecule has 0 aliphatic carbocycles. The number of benzene rings is 1. The molecular formula is C20H22FN5O. The smallest absolute Gasteiger partial charge is 0.222 e. The normalized spacial score (nSPS) is 16.4. The van der Waals surface area contributed by atoms with Gasteiger partial charge >= 0.3 is 0 Å². The van der Waals surface area contributed by atoms with Crippen LogP contribution in [0.25, 0.3) is 5.57 Å². The second-order valence-electron chi connectivity index (χ2n) is 6.51. The van der Waals surface area contributed by atoms with E-state index < -0.39 is 0 Å². The average molecular weight is 367 g/mol. The van der Waals surface area contributed by atoms with Crippen molar-refractivity contribution in [2.24, 2.45) is 0 Å². The number of pyridine rings is 1. The van der Waals surface area contributed by atoms with Crippen molar-refractivity contribution in [3.63, 3.8) is 0 Å². The number of hydrogen-bond acceptors (Lipinski definition) is 5. The molecule has 1 aliphatic heterocycles. The number of aromatic nitrogens is 1. The fourth-order valence-corrected chi connectivity index (χ4v) is 3.04. The summed E-state index contributed by atoms with van der Waals surface area (Å²) >= 11 is 0. The maximum Gasteiger partial charge on any atom is 0.222 e. The largest absolute Gasteiger partial charge is 0.385 e. The van der Waals surface area contributed by atoms with Gasteiger partial charge in [0.15, 0.2) is 0 Å². The Hall–Kier alpha value is -3.06. The van der Waals surface area contributed by atoms with Crippen LogP contribution in [-0.4, -0.2) is 48.2 Å². The van der Waals surface area contributed by atoms with Gasteiger partial charge in [0.25, 0.3) is 0 Å². The van der Waals surface area contributed by atoms with Gasteiger partial charge in [-0.3, -0.25) is 15.1 Å². The van der Waals surface area contributed by atoms with Crippen LogP contribution in [0.3, 0.4) is 0 Å². The highest BCUT2D eigenvalue weighted by atomic mass is 19.1. The molecule has 1 amide bonds. The molecule has 0 spiro atoms. The summed E-state index contributed by atoms with van der Waals surface area (Å²) in [7, 11) is 2.02. The number of hydrogen-bond donors (Lipinski definition) is 3. The molecule has 27 heavy (non-hydrogen) atoms. The Kier molecular flexibility index (Phi) is 5.61. The minimum atomic E-state index is -0.340. The lowest BCUT2D eigenvalue weighted by atomic mass is 9.93. The van der Waals surface area contributed by atoms with Crippen molar-refractivity contribution in [2.75, 3.05) is 32.0 Å². The monoisotopic (exact) mass is 367 g/mol. The molecule has 3 rings (SSSR count). The highest BCUT2D eigenvalue weighted by Crippen LogP contribution is 2.25. The van der Waals surface area contributed by atoms with Gasteiger partial charge in [-0.2, -0.15) is 0 Å². The number of allylic oxidation sites excluding steroid dienone is 1. The summed E-state index contributed by atoms with van der Waals surface area (Å²) in [5.74, 6) is -0.125. The van der Waals surface area contributed by atoms with Crippen LogP contribution in [-0.2, 0) is 4.79 Å². The Morgan fingerprint density at radius 2 is 2.00 bits per heavy atom. The van der Waals surface area contributed by atoms with E-state index >= 15 is 0 Å². The van der Waals surface area contributed by atoms with E-state index in [9.17, 15) is 9.18 Å². The second kappa shape index (κ2) is 8.09. The number of likely N-dealkylation sites (N-methyl/N-ethyl adjacent to an activating group) is 1. The van der Waals surface area contributed by atoms with E-state index in [4.69, 9.17) is 5.41 Å². The first-order valence-corrected chi connectivity index (χ1v) is 8.68. The third-order valence-electron chi connectivity index (χ3n) is 4.30. The molecule has 1 aromatic carbocycles. The fourth-order valence-electron chi connectivity index (χ4n) is 3.04. The van der Waals surface area contributed by atoms with Crippen molar-refractivity contribution in [2.45, 2.75) is 6.92 Å². The zero-order chi connectivity index (χ0) is 19.4. The molecule has 0 atom stereocenters. The number of nitrogens with one attached hydrogen (secondary N) is 3. The topological polar surface area (TPSA) is 81.1 Å². The SMILES string of the molecule is CC(=O)Nc1cc(/C(C(=N)c2ccc(F)cc2)=C2\CN(C)CCN2)ccn1. The lowest BCUT2D eigenvalue weighted by Crippen LogP contribution is -2.40. The molecule has 1 aliphatic rings. The Balaban J connectivity index is 2.08. The van der Waals surface area contributed by atoms with Crippen molar-refractivity contribution >= 4 is 23.0 Å². The molecular weight excluding hydrogens is 345 g/mol. The number of carbonyl (C=O) groups excluding carboxylic acids is 1. The second-order valence-corrected chi connectivity index (χ2v) is 6.51. The average Bonchev–Trinajstić information content (AvgIpc) is 2.62. The Labute approximate surface area is 157 Å². The van der Waals surface area contributed by atoms with Crippen LogP contribution in [0.2, 0.25) is 0 Å². The Morgan fingerprint density at radius 3 is 2.67 bits per heavy atom. The van der Waals surface area contributed by atoms with Crippen LogP contribution in [0, 0.1) is 11.2 Å². The summed E-state index contributed by atoms with van der Waals surface area (Å²) in [6, 6.07) is 9.45. The molecule has 2 aromatic rings. The van der Waals surface area contributed by atoms with Gasteiger partial charge in [0.1, 0.15) is 11.6 Å². The maximum atomic E-state index is 13.3. The molecule has 7 heteroatoms. The molecule has 140 valence electrons. The van der Waals surface area contributed by atoms with Crippen LogP contribution in [0.15, 0.2) is 48.3 Å². The minimum Gasteiger partial charge on any atom is -0.385 e. The number of rotatable bonds is 4. The highest BCUT2D eigenvalue weighted by Gasteiger charge is 2.20. The Morgan fingerprint density at radius 1 is 1.26 bits per heavy atom. The van der Waals surface area contributed by atoms with Crippen LogP contribution in [0.1, 0.15) is 18.1 Å². The summed E-state index contributed by atoms with van der Waals surface area (Å²) < 4.78 is 13.3. The van der Waals surface area contributed by atoms with Crippen LogP contribution in [0.4, 0.5) is 10.2 Å². The van der Waals surface area contributed by atoms with Gasteiger partial charge in [0.2, 0.25) is 5.91 Å². The number of amides is 1.